The fraction of sp³-hybridized carbons (Fsp3) is 0.526. The van der Waals surface area contributed by atoms with Gasteiger partial charge in [-0.05, 0) is 227 Å². The number of ether oxygens (including phenoxy) is 8. The molecular formula is C95H121ClN12O27S. The first-order chi connectivity index (χ1) is 64.8. The molecule has 0 unspecified atom stereocenters. The molecule has 4 saturated carbocycles. The first-order valence-electron chi connectivity index (χ1n) is 46.1. The predicted octanol–water partition coefficient (Wildman–Crippen LogP) is 5.11. The predicted molar refractivity (Wildman–Crippen MR) is 488 cm³/mol. The third-order valence-electron chi connectivity index (χ3n) is 26.6. The highest BCUT2D eigenvalue weighted by molar-refractivity contribution is 7.89. The van der Waals surface area contributed by atoms with Crippen LogP contribution in [-0.4, -0.2) is 221 Å². The molecule has 0 radical (unpaired) electrons. The van der Waals surface area contributed by atoms with Crippen molar-refractivity contribution in [2.24, 2.45) is 41.1 Å². The van der Waals surface area contributed by atoms with Crippen LogP contribution in [0, 0.1) is 36.5 Å². The summed E-state index contributed by atoms with van der Waals surface area (Å²) in [7, 11) is -2.35. The Balaban J connectivity index is 0.876. The number of hydrogen-bond acceptors (Lipinski definition) is 29. The van der Waals surface area contributed by atoms with Crippen molar-refractivity contribution in [1.29, 1.82) is 0 Å². The maximum Gasteiger partial charge on any atom is 0.412 e. The fourth-order valence-electron chi connectivity index (χ4n) is 19.6. The van der Waals surface area contributed by atoms with Crippen molar-refractivity contribution in [1.82, 2.24) is 52.6 Å². The molecule has 2 saturated heterocycles. The smallest absolute Gasteiger partial charge is 0.412 e. The number of nitrogens with two attached hydrogens (primary N) is 2. The Labute approximate surface area is 790 Å². The van der Waals surface area contributed by atoms with Gasteiger partial charge >= 0.3 is 6.09 Å². The van der Waals surface area contributed by atoms with Crippen LogP contribution in [0.3, 0.4) is 0 Å². The molecule has 136 heavy (non-hydrogen) atoms. The first-order valence-corrected chi connectivity index (χ1v) is 48.0. The van der Waals surface area contributed by atoms with Crippen LogP contribution in [0.4, 0.5) is 4.79 Å². The Morgan fingerprint density at radius 1 is 0.669 bits per heavy atom. The minimum Gasteiger partial charge on any atom is -0.507 e. The Kier molecular flexibility index (Phi) is 32.1. The molecule has 9 amide bonds. The maximum atomic E-state index is 16.6. The van der Waals surface area contributed by atoms with E-state index in [1.807, 2.05) is 13.8 Å². The number of carbonyl (C=O) groups excluding carboxylic acids is 9. The molecule has 4 aliphatic carbocycles. The van der Waals surface area contributed by atoms with E-state index in [9.17, 15) is 63.7 Å². The first kappa shape index (κ1) is 101. The summed E-state index contributed by atoms with van der Waals surface area (Å²) in [4.78, 5) is 138. The van der Waals surface area contributed by atoms with Gasteiger partial charge < -0.3 is 138 Å². The normalized spacial score (nSPS) is 28.9. The number of benzene rings is 6. The van der Waals surface area contributed by atoms with Gasteiger partial charge in [-0.2, -0.15) is 0 Å². The van der Waals surface area contributed by atoms with E-state index in [0.29, 0.717) is 49.9 Å². The zero-order valence-corrected chi connectivity index (χ0v) is 77.9. The molecule has 15 bridgehead atoms. The summed E-state index contributed by atoms with van der Waals surface area (Å²) in [5.74, 6) is -12.5. The second-order valence-corrected chi connectivity index (χ2v) is 39.5. The van der Waals surface area contributed by atoms with Crippen molar-refractivity contribution in [3.8, 4) is 62.9 Å². The highest BCUT2D eigenvalue weighted by Crippen LogP contribution is 2.55. The van der Waals surface area contributed by atoms with Crippen LogP contribution in [0.15, 0.2) is 108 Å². The molecule has 0 spiro atoms. The van der Waals surface area contributed by atoms with Crippen molar-refractivity contribution < 1.29 is 130 Å². The zero-order valence-electron chi connectivity index (χ0n) is 76.3. The summed E-state index contributed by atoms with van der Waals surface area (Å²) >= 11 is 7.33. The lowest BCUT2D eigenvalue weighted by Gasteiger charge is -2.54. The number of aromatic hydroxyl groups is 2. The third kappa shape index (κ3) is 23.1. The number of carbonyl (C=O) groups is 9. The van der Waals surface area contributed by atoms with E-state index in [4.69, 9.17) is 61.0 Å². The van der Waals surface area contributed by atoms with Gasteiger partial charge in [0.2, 0.25) is 69.3 Å². The van der Waals surface area contributed by atoms with Gasteiger partial charge in [0.1, 0.15) is 101 Å². The summed E-state index contributed by atoms with van der Waals surface area (Å²) in [6.07, 6.45) is -10.5. The molecule has 6 aromatic carbocycles. The zero-order chi connectivity index (χ0) is 97.6. The van der Waals surface area contributed by atoms with Crippen molar-refractivity contribution in [2.75, 3.05) is 33.4 Å². The van der Waals surface area contributed by atoms with Crippen LogP contribution in [0.5, 0.6) is 51.7 Å². The van der Waals surface area contributed by atoms with Gasteiger partial charge in [0, 0.05) is 48.3 Å². The van der Waals surface area contributed by atoms with E-state index >= 15 is 28.8 Å². The topological polar surface area (TPSA) is 596 Å². The van der Waals surface area contributed by atoms with Gasteiger partial charge in [-0.15, -0.1) is 0 Å². The molecule has 736 valence electrons. The molecule has 11 aliphatic rings. The van der Waals surface area contributed by atoms with Crippen LogP contribution in [0.25, 0.3) is 11.1 Å². The van der Waals surface area contributed by atoms with E-state index in [1.165, 1.54) is 76.3 Å². The lowest BCUT2D eigenvalue weighted by Crippen LogP contribution is -2.64. The Morgan fingerprint density at radius 3 is 1.96 bits per heavy atom. The number of aliphatic hydroxyl groups is 6. The number of primary amides is 1. The second kappa shape index (κ2) is 43.3. The van der Waals surface area contributed by atoms with Gasteiger partial charge in [-0.1, -0.05) is 76.3 Å². The fourth-order valence-corrected chi connectivity index (χ4v) is 20.9. The van der Waals surface area contributed by atoms with Crippen molar-refractivity contribution in [3.63, 3.8) is 0 Å². The molecule has 22 N–H and O–H groups in total. The van der Waals surface area contributed by atoms with E-state index in [-0.39, 0.29) is 93.5 Å². The number of phenolic OH excluding ortho intramolecular Hbond substituents is 2. The number of fused-ring (bicyclic) bond motifs is 15. The number of unbranched alkanes of at least 4 members (excludes halogenated alkanes) is 5. The molecule has 17 rings (SSSR count). The van der Waals surface area contributed by atoms with Crippen molar-refractivity contribution >= 4 is 75.0 Å². The van der Waals surface area contributed by atoms with Crippen LogP contribution >= 0.6 is 11.6 Å². The summed E-state index contributed by atoms with van der Waals surface area (Å²) in [6, 6.07) is 7.03. The maximum absolute atomic E-state index is 16.6. The minimum atomic E-state index is -3.85. The molecular weight excluding hydrogens is 1810 g/mol. The minimum absolute atomic E-state index is 0.00189. The van der Waals surface area contributed by atoms with Gasteiger partial charge in [-0.3, -0.25) is 38.4 Å². The number of hydrogen-bond donors (Lipinski definition) is 20. The Hall–Kier alpha value is -11.1. The largest absolute Gasteiger partial charge is 0.507 e. The van der Waals surface area contributed by atoms with Gasteiger partial charge in [0.05, 0.1) is 47.8 Å². The monoisotopic (exact) mass is 1930 g/mol. The van der Waals surface area contributed by atoms with Gasteiger partial charge in [0.25, 0.3) is 0 Å². The number of amides is 9. The number of phenols is 2. The van der Waals surface area contributed by atoms with E-state index < -0.39 is 242 Å². The molecule has 6 fully saturated rings. The van der Waals surface area contributed by atoms with Crippen LogP contribution in [0.1, 0.15) is 195 Å². The number of aryl methyl sites for hydroxylation is 1. The lowest BCUT2D eigenvalue weighted by molar-refractivity contribution is -0.333. The summed E-state index contributed by atoms with van der Waals surface area (Å²) in [5.41, 5.74) is 9.08. The summed E-state index contributed by atoms with van der Waals surface area (Å²) < 4.78 is 79.9. The molecule has 6 aromatic rings. The standard InChI is InChI=1S/C95H121ClN12O27S/c1-8-9-14-27-128-55-18-20-57(21-19-55)136(126,127)101-26-13-11-10-12-25-100-94(125)130-56-39-59-72(64(111)40-56)58-35-49(15-22-63(58)110)74-88(120)108-78(92(124)106-76(59)90(122)103-73-52-31-47-30-48(33-52)34-53(73)32-47)80(114)51-17-24-66(60(96)36-51)132-68-38-54-37-67(83(68)135-93-84(82(116)81(115)69(43-109)133-93)134-71-42-95(6,98)85(117)46(5)129-71)131-65-23-16-50(29-45(65)4)79(113)77(107-86(118)61(99-7)28-44(2)3)91(123)102-62(41-70(97)112)87(119)104-75(54)89(121)105-74/h15-24,29,35-40,44,46-48,52-53,61-62,69,71,73-82,84-85,93,99,101,109-111,113-117H,8-14,25-28,30-34,41-43,98H2,1-7H3,(H2,97,112)(H,100,125)(H,102,123)(H,103,122)(H,104,119)(H,105,121)(H,106,124)(H,107,118)(H,108,120)/t46-,47?,48?,52?,53?,61+,62-,69+,71-,73?,74+,75+,76-,77+,78-,79+,80+,81+,82-,84+,85+,93-,95-/m0/s1. The highest BCUT2D eigenvalue weighted by Gasteiger charge is 2.54. The number of nitrogens with one attached hydrogen (secondary N) is 10. The Bertz CT molecular complexity index is 5510. The van der Waals surface area contributed by atoms with E-state index in [2.05, 4.69) is 59.5 Å². The molecule has 7 heterocycles. The SMILES string of the molecule is CCCCCOc1ccc(S(=O)(=O)NCCCCCCNC(=O)Oc2cc(O)c3c(c2)[C@@H](C(=O)NC2C4CC5CC(C4)CC2C5)NC(=O)[C@H]2NC(=O)[C@H](NC(=O)[C@@H]4NC(=O)[C@H](CC(N)=O)NC(=O)[C@H](NC(=O)[C@@H](CC(C)C)NC)[C@H](O)c5ccc(c(C)c5)Oc5cc4cc(c5O[C@@H]4O[C@H](CO)[C@@H](O)[C@H](O)[C@H]4O[C@H]4C[C@](C)(N)[C@H](O)[C@H](C)O4)Oc4ccc(cc4Cl)[C@H]2O)c2ccc(O)c-3c2)cc1. The number of aliphatic hydroxyl groups excluding tert-OH is 6. The highest BCUT2D eigenvalue weighted by atomic mass is 35.5. The molecule has 41 heteroatoms. The Morgan fingerprint density at radius 2 is 1.32 bits per heavy atom. The van der Waals surface area contributed by atoms with Crippen molar-refractivity contribution in [2.45, 2.75) is 258 Å². The van der Waals surface area contributed by atoms with Crippen LogP contribution in [0.2, 0.25) is 5.02 Å². The average molecular weight is 1930 g/mol. The lowest BCUT2D eigenvalue weighted by atomic mass is 9.54. The molecule has 18 atom stereocenters. The van der Waals surface area contributed by atoms with Gasteiger partial charge in [-0.25, -0.2) is 17.9 Å². The van der Waals surface area contributed by atoms with E-state index in [0.717, 1.165) is 93.8 Å². The summed E-state index contributed by atoms with van der Waals surface area (Å²) in [5, 5.41) is 120. The number of rotatable bonds is 29. The quantitative estimate of drug-likeness (QED) is 0.0271. The third-order valence-corrected chi connectivity index (χ3v) is 28.4. The summed E-state index contributed by atoms with van der Waals surface area (Å²) in [6.45, 7) is 10.0. The number of likely N-dealkylation sites (N-methyl/N-ethyl adjacent to an activating group) is 1. The van der Waals surface area contributed by atoms with Crippen LogP contribution < -0.4 is 87.7 Å². The average Bonchev–Trinajstić information content (AvgIpc) is 0.756. The van der Waals surface area contributed by atoms with Crippen LogP contribution in [-0.2, 0) is 62.6 Å². The van der Waals surface area contributed by atoms with Gasteiger partial charge in [0.15, 0.2) is 23.9 Å². The molecule has 0 aromatic heterocycles. The van der Waals surface area contributed by atoms with E-state index in [1.54, 1.807) is 12.1 Å². The second-order valence-electron chi connectivity index (χ2n) is 37.3. The molecule has 39 nitrogen and oxygen atoms in total. The number of sulfonamides is 1. The molecule has 7 aliphatic heterocycles. The number of halogens is 1. The van der Waals surface area contributed by atoms with Crippen molar-refractivity contribution in [3.05, 3.63) is 142 Å².